The van der Waals surface area contributed by atoms with Crippen LogP contribution >= 0.6 is 0 Å². The summed E-state index contributed by atoms with van der Waals surface area (Å²) in [6, 6.07) is 11.4. The normalized spacial score (nSPS) is 15.5. The van der Waals surface area contributed by atoms with E-state index in [0.29, 0.717) is 30.4 Å². The van der Waals surface area contributed by atoms with E-state index in [4.69, 9.17) is 9.15 Å². The molecule has 0 bridgehead atoms. The van der Waals surface area contributed by atoms with Crippen molar-refractivity contribution in [2.75, 3.05) is 12.4 Å². The second-order valence-electron chi connectivity index (χ2n) is 7.04. The van der Waals surface area contributed by atoms with Crippen molar-refractivity contribution < 1.29 is 13.9 Å². The molecule has 5 rings (SSSR count). The number of hydrogen-bond donors (Lipinski definition) is 1. The van der Waals surface area contributed by atoms with E-state index < -0.39 is 0 Å². The molecule has 1 amide bonds. The Hall–Kier alpha value is -3.94. The average Bonchev–Trinajstić information content (AvgIpc) is 3.45. The van der Waals surface area contributed by atoms with Gasteiger partial charge in [-0.2, -0.15) is 5.10 Å². The van der Waals surface area contributed by atoms with E-state index in [2.05, 4.69) is 20.4 Å². The molecule has 1 N–H and O–H groups in total. The van der Waals surface area contributed by atoms with Gasteiger partial charge in [0.2, 0.25) is 5.91 Å². The lowest BCUT2D eigenvalue weighted by atomic mass is 9.89. The van der Waals surface area contributed by atoms with Crippen molar-refractivity contribution in [3.63, 3.8) is 0 Å². The molecule has 1 aromatic carbocycles. The van der Waals surface area contributed by atoms with Crippen LogP contribution in [0.25, 0.3) is 11.6 Å². The number of fused-ring (bicyclic) bond motifs is 1. The second-order valence-corrected chi connectivity index (χ2v) is 7.04. The number of carbonyl (C=O) groups is 1. The van der Waals surface area contributed by atoms with E-state index in [1.54, 1.807) is 42.7 Å². The van der Waals surface area contributed by atoms with Crippen LogP contribution in [0.4, 0.5) is 5.82 Å². The van der Waals surface area contributed by atoms with Gasteiger partial charge in [-0.05, 0) is 23.8 Å². The summed E-state index contributed by atoms with van der Waals surface area (Å²) >= 11 is 0. The zero-order valence-corrected chi connectivity index (χ0v) is 16.3. The molecule has 1 unspecified atom stereocenters. The highest BCUT2D eigenvalue weighted by Gasteiger charge is 2.30. The fourth-order valence-electron chi connectivity index (χ4n) is 3.73. The lowest BCUT2D eigenvalue weighted by Gasteiger charge is -2.23. The van der Waals surface area contributed by atoms with E-state index in [-0.39, 0.29) is 11.8 Å². The van der Waals surface area contributed by atoms with Crippen LogP contribution in [-0.4, -0.2) is 32.8 Å². The Balaban J connectivity index is 1.47. The summed E-state index contributed by atoms with van der Waals surface area (Å²) in [4.78, 5) is 21.3. The van der Waals surface area contributed by atoms with Gasteiger partial charge in [-0.3, -0.25) is 4.79 Å². The number of ether oxygens (including phenoxy) is 1. The molecule has 30 heavy (non-hydrogen) atoms. The monoisotopic (exact) mass is 401 g/mol. The number of hydrogen-bond acceptors (Lipinski definition) is 6. The van der Waals surface area contributed by atoms with E-state index in [1.807, 2.05) is 30.3 Å². The molecule has 0 fully saturated rings. The highest BCUT2D eigenvalue weighted by Crippen LogP contribution is 2.37. The minimum absolute atomic E-state index is 0.0654. The third-order valence-electron chi connectivity index (χ3n) is 5.22. The predicted molar refractivity (Wildman–Crippen MR) is 109 cm³/mol. The van der Waals surface area contributed by atoms with Gasteiger partial charge in [0.15, 0.2) is 11.6 Å². The largest absolute Gasteiger partial charge is 0.496 e. The smallest absolute Gasteiger partial charge is 0.226 e. The number of furan rings is 1. The molecule has 3 aromatic heterocycles. The average molecular weight is 401 g/mol. The van der Waals surface area contributed by atoms with Gasteiger partial charge in [0.25, 0.3) is 0 Å². The van der Waals surface area contributed by atoms with Crippen molar-refractivity contribution in [3.05, 3.63) is 77.9 Å². The van der Waals surface area contributed by atoms with Crippen LogP contribution in [0.1, 0.15) is 29.0 Å². The molecule has 1 atom stereocenters. The first-order valence-corrected chi connectivity index (χ1v) is 9.56. The molecule has 0 radical (unpaired) electrons. The van der Waals surface area contributed by atoms with Crippen molar-refractivity contribution in [1.29, 1.82) is 0 Å². The highest BCUT2D eigenvalue weighted by molar-refractivity contribution is 5.94. The fourth-order valence-corrected chi connectivity index (χ4v) is 3.73. The number of carbonyl (C=O) groups excluding carboxylic acids is 1. The fraction of sp³-hybridized carbons (Fsp3) is 0.182. The van der Waals surface area contributed by atoms with Gasteiger partial charge in [-0.1, -0.05) is 18.2 Å². The van der Waals surface area contributed by atoms with Gasteiger partial charge in [-0.25, -0.2) is 14.6 Å². The third-order valence-corrected chi connectivity index (χ3v) is 5.22. The topological polar surface area (TPSA) is 95.1 Å². The van der Waals surface area contributed by atoms with E-state index in [9.17, 15) is 4.79 Å². The van der Waals surface area contributed by atoms with Crippen LogP contribution < -0.4 is 10.1 Å². The molecule has 1 aliphatic heterocycles. The molecule has 8 heteroatoms. The molecule has 0 aliphatic carbocycles. The number of rotatable bonds is 5. The quantitative estimate of drug-likeness (QED) is 0.550. The predicted octanol–water partition coefficient (Wildman–Crippen LogP) is 3.46. The third kappa shape index (κ3) is 3.22. The van der Waals surface area contributed by atoms with Gasteiger partial charge >= 0.3 is 0 Å². The number of anilines is 1. The SMILES string of the molecule is COc1ccccc1Cn1ncc2c1NC(=O)CC2c1cnc(-c2ccco2)nc1. The van der Waals surface area contributed by atoms with Crippen LogP contribution in [0, 0.1) is 0 Å². The van der Waals surface area contributed by atoms with Crippen molar-refractivity contribution in [2.24, 2.45) is 0 Å². The molecule has 150 valence electrons. The molecular weight excluding hydrogens is 382 g/mol. The van der Waals surface area contributed by atoms with Gasteiger partial charge < -0.3 is 14.5 Å². The van der Waals surface area contributed by atoms with Crippen LogP contribution in [0.5, 0.6) is 5.75 Å². The standard InChI is InChI=1S/C22H19N5O3/c1-29-18-6-3-2-5-14(18)13-27-22-17(12-25-27)16(9-20(28)26-22)15-10-23-21(24-11-15)19-7-4-8-30-19/h2-8,10-12,16H,9,13H2,1H3,(H,26,28). The highest BCUT2D eigenvalue weighted by atomic mass is 16.5. The number of nitrogens with zero attached hydrogens (tertiary/aromatic N) is 4. The molecule has 0 saturated carbocycles. The molecule has 8 nitrogen and oxygen atoms in total. The summed E-state index contributed by atoms with van der Waals surface area (Å²) in [6.45, 7) is 0.486. The van der Waals surface area contributed by atoms with E-state index in [1.165, 1.54) is 0 Å². The summed E-state index contributed by atoms with van der Waals surface area (Å²) in [5, 5.41) is 7.49. The number of para-hydroxylation sites is 1. The number of methoxy groups -OCH3 is 1. The van der Waals surface area contributed by atoms with Crippen molar-refractivity contribution in [3.8, 4) is 17.3 Å². The first-order chi connectivity index (χ1) is 14.7. The zero-order chi connectivity index (χ0) is 20.5. The second kappa shape index (κ2) is 7.47. The molecule has 1 aliphatic rings. The Morgan fingerprint density at radius 3 is 2.77 bits per heavy atom. The van der Waals surface area contributed by atoms with Gasteiger partial charge in [-0.15, -0.1) is 0 Å². The Kier molecular flexibility index (Phi) is 4.51. The van der Waals surface area contributed by atoms with Crippen LogP contribution in [0.2, 0.25) is 0 Å². The molecule has 4 heterocycles. The van der Waals surface area contributed by atoms with E-state index >= 15 is 0 Å². The number of amides is 1. The maximum Gasteiger partial charge on any atom is 0.226 e. The summed E-state index contributed by atoms with van der Waals surface area (Å²) < 4.78 is 12.6. The molecule has 0 spiro atoms. The summed E-state index contributed by atoms with van der Waals surface area (Å²) in [5.41, 5.74) is 2.78. The Bertz CT molecular complexity index is 1180. The van der Waals surface area contributed by atoms with Gasteiger partial charge in [0.1, 0.15) is 11.6 Å². The first kappa shape index (κ1) is 18.1. The maximum absolute atomic E-state index is 12.5. The minimum atomic E-state index is -0.161. The van der Waals surface area contributed by atoms with Crippen LogP contribution in [0.3, 0.4) is 0 Å². The van der Waals surface area contributed by atoms with Crippen LogP contribution in [0.15, 0.2) is 65.7 Å². The van der Waals surface area contributed by atoms with Crippen molar-refractivity contribution >= 4 is 11.7 Å². The summed E-state index contributed by atoms with van der Waals surface area (Å²) in [7, 11) is 1.64. The van der Waals surface area contributed by atoms with Crippen LogP contribution in [-0.2, 0) is 11.3 Å². The number of aromatic nitrogens is 4. The molecule has 4 aromatic rings. The lowest BCUT2D eigenvalue weighted by molar-refractivity contribution is -0.116. The zero-order valence-electron chi connectivity index (χ0n) is 16.3. The van der Waals surface area contributed by atoms with Gasteiger partial charge in [0, 0.05) is 35.9 Å². The van der Waals surface area contributed by atoms with Crippen molar-refractivity contribution in [1.82, 2.24) is 19.7 Å². The Morgan fingerprint density at radius 1 is 1.17 bits per heavy atom. The number of benzene rings is 1. The number of nitrogens with one attached hydrogen (secondary N) is 1. The van der Waals surface area contributed by atoms with Gasteiger partial charge in [0.05, 0.1) is 26.1 Å². The maximum atomic E-state index is 12.5. The summed E-state index contributed by atoms with van der Waals surface area (Å²) in [6.07, 6.45) is 7.19. The Morgan fingerprint density at radius 2 is 2.00 bits per heavy atom. The lowest BCUT2D eigenvalue weighted by Crippen LogP contribution is -2.25. The van der Waals surface area contributed by atoms with Crippen molar-refractivity contribution in [2.45, 2.75) is 18.9 Å². The molecular formula is C22H19N5O3. The Labute approximate surface area is 172 Å². The minimum Gasteiger partial charge on any atom is -0.496 e. The van der Waals surface area contributed by atoms with E-state index in [0.717, 1.165) is 22.4 Å². The molecule has 0 saturated heterocycles. The first-order valence-electron chi connectivity index (χ1n) is 9.56. The summed E-state index contributed by atoms with van der Waals surface area (Å²) in [5.74, 6) is 2.36.